The third kappa shape index (κ3) is 5.59. The molecule has 0 unspecified atom stereocenters. The number of rotatable bonds is 6. The number of aromatic nitrogens is 1. The number of amides is 1. The number of aliphatic hydroxyl groups is 1. The first-order valence-corrected chi connectivity index (χ1v) is 8.57. The fraction of sp³-hybridized carbons (Fsp3) is 0.667. The van der Waals surface area contributed by atoms with Gasteiger partial charge in [0, 0.05) is 25.8 Å². The summed E-state index contributed by atoms with van der Waals surface area (Å²) in [5.74, 6) is 0.593. The van der Waals surface area contributed by atoms with Gasteiger partial charge in [-0.1, -0.05) is 19.9 Å². The molecular formula is C18H29N3O2. The van der Waals surface area contributed by atoms with Crippen molar-refractivity contribution in [3.05, 3.63) is 29.6 Å². The first-order valence-electron chi connectivity index (χ1n) is 8.57. The molecule has 5 heteroatoms. The fourth-order valence-corrected chi connectivity index (χ4v) is 2.88. The molecule has 1 atom stereocenters. The Balaban J connectivity index is 1.95. The highest BCUT2D eigenvalue weighted by molar-refractivity contribution is 5.82. The Kier molecular flexibility index (Phi) is 6.54. The quantitative estimate of drug-likeness (QED) is 0.840. The van der Waals surface area contributed by atoms with Crippen molar-refractivity contribution >= 4 is 5.91 Å². The second-order valence-corrected chi connectivity index (χ2v) is 6.95. The van der Waals surface area contributed by atoms with Crippen molar-refractivity contribution in [2.75, 3.05) is 13.1 Å². The minimum atomic E-state index is -0.257. The number of piperidine rings is 1. The van der Waals surface area contributed by atoms with E-state index in [1.54, 1.807) is 0 Å². The maximum atomic E-state index is 12.8. The van der Waals surface area contributed by atoms with Crippen LogP contribution in [0.1, 0.15) is 44.4 Å². The van der Waals surface area contributed by atoms with Crippen molar-refractivity contribution in [2.45, 2.75) is 58.7 Å². The summed E-state index contributed by atoms with van der Waals surface area (Å²) in [6.45, 7) is 8.18. The van der Waals surface area contributed by atoms with Gasteiger partial charge in [0.05, 0.1) is 17.8 Å². The predicted octanol–water partition coefficient (Wildman–Crippen LogP) is 1.88. The maximum Gasteiger partial charge on any atom is 0.239 e. The van der Waals surface area contributed by atoms with Gasteiger partial charge in [0.15, 0.2) is 0 Å². The van der Waals surface area contributed by atoms with E-state index in [2.05, 4.69) is 24.1 Å². The highest BCUT2D eigenvalue weighted by atomic mass is 16.3. The van der Waals surface area contributed by atoms with Gasteiger partial charge in [-0.2, -0.15) is 0 Å². The molecule has 0 aromatic carbocycles. The lowest BCUT2D eigenvalue weighted by Crippen LogP contribution is -2.50. The SMILES string of the molecule is Cc1ccc(CN[C@H](CC(C)C)C(=O)N2CCC(O)CC2)nc1. The number of hydrogen-bond acceptors (Lipinski definition) is 4. The number of pyridine rings is 1. The van der Waals surface area contributed by atoms with Crippen LogP contribution in [-0.2, 0) is 11.3 Å². The fourth-order valence-electron chi connectivity index (χ4n) is 2.88. The molecule has 128 valence electrons. The summed E-state index contributed by atoms with van der Waals surface area (Å²) in [4.78, 5) is 19.1. The number of likely N-dealkylation sites (tertiary alicyclic amines) is 1. The number of carbonyl (C=O) groups is 1. The van der Waals surface area contributed by atoms with Crippen LogP contribution in [0, 0.1) is 12.8 Å². The van der Waals surface area contributed by atoms with E-state index in [4.69, 9.17) is 0 Å². The van der Waals surface area contributed by atoms with Gasteiger partial charge >= 0.3 is 0 Å². The van der Waals surface area contributed by atoms with Crippen LogP contribution < -0.4 is 5.32 Å². The van der Waals surface area contributed by atoms with Crippen molar-refractivity contribution in [3.8, 4) is 0 Å². The lowest BCUT2D eigenvalue weighted by Gasteiger charge is -2.33. The Morgan fingerprint density at radius 2 is 2.09 bits per heavy atom. The Bertz CT molecular complexity index is 493. The summed E-state index contributed by atoms with van der Waals surface area (Å²) < 4.78 is 0. The van der Waals surface area contributed by atoms with Crippen molar-refractivity contribution in [3.63, 3.8) is 0 Å². The van der Waals surface area contributed by atoms with E-state index in [1.165, 1.54) is 0 Å². The van der Waals surface area contributed by atoms with E-state index in [0.29, 0.717) is 38.4 Å². The largest absolute Gasteiger partial charge is 0.393 e. The molecule has 0 aliphatic carbocycles. The molecule has 2 rings (SSSR count). The lowest BCUT2D eigenvalue weighted by molar-refractivity contribution is -0.136. The van der Waals surface area contributed by atoms with Crippen LogP contribution in [0.3, 0.4) is 0 Å². The standard InChI is InChI=1S/C18H29N3O2/c1-13(2)10-17(18(23)21-8-6-16(22)7-9-21)20-12-15-5-4-14(3)11-19-15/h4-5,11,13,16-17,20,22H,6-10,12H2,1-3H3/t17-/m1/s1. The zero-order valence-corrected chi connectivity index (χ0v) is 14.5. The highest BCUT2D eigenvalue weighted by Crippen LogP contribution is 2.14. The van der Waals surface area contributed by atoms with Gasteiger partial charge in [-0.25, -0.2) is 0 Å². The highest BCUT2D eigenvalue weighted by Gasteiger charge is 2.27. The van der Waals surface area contributed by atoms with Crippen molar-refractivity contribution < 1.29 is 9.90 Å². The molecule has 0 radical (unpaired) electrons. The number of aliphatic hydroxyl groups excluding tert-OH is 1. The second-order valence-electron chi connectivity index (χ2n) is 6.95. The van der Waals surface area contributed by atoms with Crippen LogP contribution in [0.4, 0.5) is 0 Å². The normalized spacial score (nSPS) is 17.5. The summed E-state index contributed by atoms with van der Waals surface area (Å²) in [7, 11) is 0. The molecule has 1 aliphatic heterocycles. The minimum absolute atomic E-state index is 0.151. The molecule has 2 N–H and O–H groups in total. The van der Waals surface area contributed by atoms with Gasteiger partial charge in [-0.05, 0) is 43.7 Å². The summed E-state index contributed by atoms with van der Waals surface area (Å²) in [5, 5.41) is 13.0. The number of nitrogens with zero attached hydrogens (tertiary/aromatic N) is 2. The molecule has 1 amide bonds. The summed E-state index contributed by atoms with van der Waals surface area (Å²) in [6, 6.07) is 3.85. The summed E-state index contributed by atoms with van der Waals surface area (Å²) in [5.41, 5.74) is 2.08. The second kappa shape index (κ2) is 8.41. The van der Waals surface area contributed by atoms with Gasteiger partial charge in [0.2, 0.25) is 5.91 Å². The summed E-state index contributed by atoms with van der Waals surface area (Å²) >= 11 is 0. The van der Waals surface area contributed by atoms with Gasteiger partial charge in [-0.15, -0.1) is 0 Å². The van der Waals surface area contributed by atoms with Crippen LogP contribution in [0.2, 0.25) is 0 Å². The summed E-state index contributed by atoms with van der Waals surface area (Å²) in [6.07, 6.45) is 3.76. The van der Waals surface area contributed by atoms with Gasteiger partial charge in [0.1, 0.15) is 0 Å². The Labute approximate surface area is 139 Å². The van der Waals surface area contributed by atoms with E-state index in [0.717, 1.165) is 17.7 Å². The van der Waals surface area contributed by atoms with Crippen LogP contribution in [0.5, 0.6) is 0 Å². The van der Waals surface area contributed by atoms with E-state index in [9.17, 15) is 9.90 Å². The smallest absolute Gasteiger partial charge is 0.239 e. The molecule has 5 nitrogen and oxygen atoms in total. The molecule has 23 heavy (non-hydrogen) atoms. The molecule has 0 bridgehead atoms. The third-order valence-electron chi connectivity index (χ3n) is 4.28. The Hall–Kier alpha value is -1.46. The molecule has 1 aromatic heterocycles. The average molecular weight is 319 g/mol. The van der Waals surface area contributed by atoms with Crippen LogP contribution in [0.25, 0.3) is 0 Å². The van der Waals surface area contributed by atoms with Crippen LogP contribution >= 0.6 is 0 Å². The number of nitrogens with one attached hydrogen (secondary N) is 1. The number of hydrogen-bond donors (Lipinski definition) is 2. The molecule has 0 spiro atoms. The molecular weight excluding hydrogens is 290 g/mol. The van der Waals surface area contributed by atoms with E-state index in [-0.39, 0.29) is 18.1 Å². The maximum absolute atomic E-state index is 12.8. The molecule has 2 heterocycles. The molecule has 1 aliphatic rings. The predicted molar refractivity (Wildman–Crippen MR) is 90.9 cm³/mol. The van der Waals surface area contributed by atoms with Gasteiger partial charge in [0.25, 0.3) is 0 Å². The van der Waals surface area contributed by atoms with Gasteiger partial charge in [-0.3, -0.25) is 9.78 Å². The number of aryl methyl sites for hydroxylation is 1. The van der Waals surface area contributed by atoms with Crippen molar-refractivity contribution in [1.29, 1.82) is 0 Å². The molecule has 1 aromatic rings. The average Bonchev–Trinajstić information content (AvgIpc) is 2.52. The Morgan fingerprint density at radius 1 is 1.39 bits per heavy atom. The van der Waals surface area contributed by atoms with Gasteiger partial charge < -0.3 is 15.3 Å². The zero-order valence-electron chi connectivity index (χ0n) is 14.5. The van der Waals surface area contributed by atoms with Crippen molar-refractivity contribution in [1.82, 2.24) is 15.2 Å². The van der Waals surface area contributed by atoms with Crippen LogP contribution in [0.15, 0.2) is 18.3 Å². The van der Waals surface area contributed by atoms with Crippen LogP contribution in [-0.4, -0.2) is 46.1 Å². The van der Waals surface area contributed by atoms with E-state index < -0.39 is 0 Å². The zero-order chi connectivity index (χ0) is 16.8. The lowest BCUT2D eigenvalue weighted by atomic mass is 10.0. The third-order valence-corrected chi connectivity index (χ3v) is 4.28. The molecule has 1 saturated heterocycles. The Morgan fingerprint density at radius 3 is 2.65 bits per heavy atom. The molecule has 1 fully saturated rings. The molecule has 0 saturated carbocycles. The first-order chi connectivity index (χ1) is 11.0. The minimum Gasteiger partial charge on any atom is -0.393 e. The van der Waals surface area contributed by atoms with Crippen molar-refractivity contribution in [2.24, 2.45) is 5.92 Å². The van der Waals surface area contributed by atoms with E-state index in [1.807, 2.05) is 30.2 Å². The first kappa shape index (κ1) is 17.9. The topological polar surface area (TPSA) is 65.5 Å². The number of carbonyl (C=O) groups excluding carboxylic acids is 1. The monoisotopic (exact) mass is 319 g/mol. The van der Waals surface area contributed by atoms with E-state index >= 15 is 0 Å².